The summed E-state index contributed by atoms with van der Waals surface area (Å²) in [6.45, 7) is 6.17. The molecule has 2 aromatic heterocycles. The van der Waals surface area contributed by atoms with E-state index in [4.69, 9.17) is 30.5 Å². The number of hydrogen-bond donors (Lipinski definition) is 0. The van der Waals surface area contributed by atoms with E-state index in [1.807, 2.05) is 67.9 Å². The molecule has 0 spiro atoms. The predicted octanol–water partition coefficient (Wildman–Crippen LogP) is 3.97. The normalized spacial score (nSPS) is 30.6. The molecule has 0 N–H and O–H groups in total. The number of nitrogens with zero attached hydrogens (tertiary/aromatic N) is 3. The third kappa shape index (κ3) is 3.09. The summed E-state index contributed by atoms with van der Waals surface area (Å²) in [6.07, 6.45) is 2.22. The molecule has 1 aromatic carbocycles. The van der Waals surface area contributed by atoms with Crippen molar-refractivity contribution in [3.05, 3.63) is 54.1 Å². The molecule has 7 nitrogen and oxygen atoms in total. The van der Waals surface area contributed by atoms with Gasteiger partial charge in [0.2, 0.25) is 0 Å². The highest BCUT2D eigenvalue weighted by Crippen LogP contribution is 2.50. The molecule has 2 aliphatic heterocycles. The minimum absolute atomic E-state index is 0.335. The van der Waals surface area contributed by atoms with E-state index >= 15 is 0 Å². The molecule has 29 heavy (non-hydrogen) atoms. The topological polar surface area (TPSA) is 67.6 Å². The van der Waals surface area contributed by atoms with Gasteiger partial charge in [-0.15, -0.1) is 0 Å². The third-order valence-corrected chi connectivity index (χ3v) is 5.82. The number of para-hydroxylation sites is 1. The Morgan fingerprint density at radius 3 is 2.72 bits per heavy atom. The van der Waals surface area contributed by atoms with Crippen LogP contribution in [-0.4, -0.2) is 44.7 Å². The quantitative estimate of drug-likeness (QED) is 0.600. The molecule has 8 heteroatoms. The monoisotopic (exact) mass is 415 g/mol. The molecular weight excluding hydrogens is 394 g/mol. The Labute approximate surface area is 173 Å². The number of ether oxygens (including phenoxy) is 4. The van der Waals surface area contributed by atoms with Crippen molar-refractivity contribution < 1.29 is 18.9 Å². The lowest BCUT2D eigenvalue weighted by Crippen LogP contribution is -2.46. The molecule has 0 radical (unpaired) electrons. The van der Waals surface area contributed by atoms with Crippen LogP contribution in [0, 0.1) is 0 Å². The van der Waals surface area contributed by atoms with E-state index in [2.05, 4.69) is 9.97 Å². The summed E-state index contributed by atoms with van der Waals surface area (Å²) in [6, 6.07) is 11.5. The van der Waals surface area contributed by atoms with Gasteiger partial charge in [0.1, 0.15) is 47.3 Å². The molecule has 0 bridgehead atoms. The van der Waals surface area contributed by atoms with E-state index < -0.39 is 17.6 Å². The van der Waals surface area contributed by atoms with Crippen LogP contribution >= 0.6 is 11.6 Å². The molecule has 2 saturated heterocycles. The molecule has 0 amide bonds. The van der Waals surface area contributed by atoms with Crippen LogP contribution in [0.4, 0.5) is 0 Å². The highest BCUT2D eigenvalue weighted by atomic mass is 35.5. The second kappa shape index (κ2) is 6.67. The minimum atomic E-state index is -0.734. The molecule has 4 heterocycles. The lowest BCUT2D eigenvalue weighted by atomic mass is 9.95. The van der Waals surface area contributed by atoms with E-state index in [0.29, 0.717) is 17.4 Å². The first-order valence-electron chi connectivity index (χ1n) is 9.56. The van der Waals surface area contributed by atoms with E-state index in [0.717, 1.165) is 11.1 Å². The number of aromatic nitrogens is 3. The maximum absolute atomic E-state index is 6.42. The Hall–Kier alpha value is -2.19. The highest BCUT2D eigenvalue weighted by molar-refractivity contribution is 6.33. The van der Waals surface area contributed by atoms with Crippen LogP contribution in [0.2, 0.25) is 5.15 Å². The van der Waals surface area contributed by atoms with Gasteiger partial charge in [0, 0.05) is 6.20 Å². The maximum atomic E-state index is 6.42. The van der Waals surface area contributed by atoms with Gasteiger partial charge in [0.15, 0.2) is 12.0 Å². The summed E-state index contributed by atoms with van der Waals surface area (Å²) in [5.74, 6) is 0.0472. The zero-order chi connectivity index (χ0) is 20.2. The van der Waals surface area contributed by atoms with E-state index in [1.165, 1.54) is 6.33 Å². The lowest BCUT2D eigenvalue weighted by molar-refractivity contribution is -0.213. The van der Waals surface area contributed by atoms with Gasteiger partial charge in [-0.1, -0.05) is 29.8 Å². The Kier molecular flexibility index (Phi) is 4.33. The second-order valence-electron chi connectivity index (χ2n) is 7.99. The Balaban J connectivity index is 1.49. The van der Waals surface area contributed by atoms with Gasteiger partial charge in [0.25, 0.3) is 0 Å². The zero-order valence-electron chi connectivity index (χ0n) is 16.4. The minimum Gasteiger partial charge on any atom is -0.491 e. The van der Waals surface area contributed by atoms with Crippen molar-refractivity contribution >= 4 is 22.6 Å². The number of hydrogen-bond acceptors (Lipinski definition) is 6. The van der Waals surface area contributed by atoms with Crippen LogP contribution in [0.5, 0.6) is 5.75 Å². The zero-order valence-corrected chi connectivity index (χ0v) is 17.2. The highest BCUT2D eigenvalue weighted by Gasteiger charge is 2.64. The lowest BCUT2D eigenvalue weighted by Gasteiger charge is -2.29. The summed E-state index contributed by atoms with van der Waals surface area (Å²) in [7, 11) is 0. The van der Waals surface area contributed by atoms with Crippen LogP contribution in [0.1, 0.15) is 27.0 Å². The molecule has 2 aliphatic rings. The van der Waals surface area contributed by atoms with Gasteiger partial charge in [0.05, 0.1) is 5.39 Å². The summed E-state index contributed by atoms with van der Waals surface area (Å²) in [5, 5.41) is 1.17. The van der Waals surface area contributed by atoms with Crippen molar-refractivity contribution in [1.82, 2.24) is 14.5 Å². The first-order chi connectivity index (χ1) is 13.9. The smallest absolute Gasteiger partial charge is 0.165 e. The molecule has 5 rings (SSSR count). The number of fused-ring (bicyclic) bond motifs is 2. The first-order valence-corrected chi connectivity index (χ1v) is 9.93. The average molecular weight is 416 g/mol. The predicted molar refractivity (Wildman–Crippen MR) is 107 cm³/mol. The van der Waals surface area contributed by atoms with Crippen LogP contribution in [0.3, 0.4) is 0 Å². The van der Waals surface area contributed by atoms with E-state index in [9.17, 15) is 0 Å². The molecule has 0 aliphatic carbocycles. The summed E-state index contributed by atoms with van der Waals surface area (Å²) < 4.78 is 26.9. The molecule has 152 valence electrons. The summed E-state index contributed by atoms with van der Waals surface area (Å²) >= 11 is 6.23. The average Bonchev–Trinajstić information content (AvgIpc) is 3.29. The van der Waals surface area contributed by atoms with Crippen molar-refractivity contribution in [3.63, 3.8) is 0 Å². The van der Waals surface area contributed by atoms with Crippen molar-refractivity contribution in [2.24, 2.45) is 0 Å². The van der Waals surface area contributed by atoms with Gasteiger partial charge in [-0.25, -0.2) is 9.97 Å². The Morgan fingerprint density at radius 2 is 1.93 bits per heavy atom. The second-order valence-corrected chi connectivity index (χ2v) is 8.35. The molecule has 0 saturated carbocycles. The molecule has 0 unspecified atom stereocenters. The van der Waals surface area contributed by atoms with Crippen LogP contribution < -0.4 is 4.74 Å². The number of benzene rings is 1. The Morgan fingerprint density at radius 1 is 1.14 bits per heavy atom. The van der Waals surface area contributed by atoms with Crippen molar-refractivity contribution in [3.8, 4) is 5.75 Å². The summed E-state index contributed by atoms with van der Waals surface area (Å²) in [5.41, 5.74) is 0.00592. The van der Waals surface area contributed by atoms with Gasteiger partial charge in [-0.3, -0.25) is 0 Å². The molecule has 2 fully saturated rings. The largest absolute Gasteiger partial charge is 0.491 e. The standard InChI is InChI=1S/C21H22ClN3O4/c1-20(2)28-16-19(25-10-9-14-17(22)23-12-24-18(14)25)27-15(21(16,3)29-20)11-26-13-7-5-4-6-8-13/h4-10,12,15-16,19H,11H2,1-3H3/t15-,16+,19-,21-/m1/s1. The molecule has 3 aromatic rings. The van der Waals surface area contributed by atoms with Gasteiger partial charge >= 0.3 is 0 Å². The third-order valence-electron chi connectivity index (χ3n) is 5.52. The van der Waals surface area contributed by atoms with Crippen molar-refractivity contribution in [2.45, 2.75) is 50.6 Å². The van der Waals surface area contributed by atoms with Gasteiger partial charge in [-0.05, 0) is 39.0 Å². The number of halogens is 1. The SMILES string of the molecule is CC1(C)O[C@H]2[C@H](n3ccc4c(Cl)ncnc43)O[C@H](COc3ccccc3)[C@@]2(C)O1. The van der Waals surface area contributed by atoms with E-state index in [-0.39, 0.29) is 12.2 Å². The van der Waals surface area contributed by atoms with Crippen LogP contribution in [0.25, 0.3) is 11.0 Å². The first kappa shape index (κ1) is 18.8. The van der Waals surface area contributed by atoms with Crippen molar-refractivity contribution in [2.75, 3.05) is 6.61 Å². The fraction of sp³-hybridized carbons (Fsp3) is 0.429. The van der Waals surface area contributed by atoms with Gasteiger partial charge < -0.3 is 23.5 Å². The maximum Gasteiger partial charge on any atom is 0.165 e. The van der Waals surface area contributed by atoms with Gasteiger partial charge in [-0.2, -0.15) is 0 Å². The fourth-order valence-electron chi connectivity index (χ4n) is 4.25. The van der Waals surface area contributed by atoms with E-state index in [1.54, 1.807) is 0 Å². The fourth-order valence-corrected chi connectivity index (χ4v) is 4.44. The molecule has 4 atom stereocenters. The van der Waals surface area contributed by atoms with Crippen LogP contribution in [-0.2, 0) is 14.2 Å². The number of rotatable bonds is 4. The van der Waals surface area contributed by atoms with Crippen molar-refractivity contribution in [1.29, 1.82) is 0 Å². The van der Waals surface area contributed by atoms with Crippen LogP contribution in [0.15, 0.2) is 48.9 Å². The molecular formula is C21H22ClN3O4. The Bertz CT molecular complexity index is 1040. The summed E-state index contributed by atoms with van der Waals surface area (Å²) in [4.78, 5) is 8.45.